The third kappa shape index (κ3) is 3.99. The zero-order chi connectivity index (χ0) is 19.6. The lowest BCUT2D eigenvalue weighted by atomic mass is 10.1. The molecule has 2 heterocycles. The summed E-state index contributed by atoms with van der Waals surface area (Å²) < 4.78 is 4.96. The first kappa shape index (κ1) is 19.0. The topological polar surface area (TPSA) is 101 Å². The summed E-state index contributed by atoms with van der Waals surface area (Å²) in [6.45, 7) is 4.57. The van der Waals surface area contributed by atoms with Gasteiger partial charge in [0.25, 0.3) is 11.8 Å². The Bertz CT molecular complexity index is 889. The lowest BCUT2D eigenvalue weighted by molar-refractivity contribution is 0.0638. The number of anilines is 2. The normalized spacial score (nSPS) is 13.1. The highest BCUT2D eigenvalue weighted by atomic mass is 32.1. The van der Waals surface area contributed by atoms with Crippen LogP contribution >= 0.6 is 11.3 Å². The van der Waals surface area contributed by atoms with Crippen molar-refractivity contribution in [1.82, 2.24) is 9.88 Å². The highest BCUT2D eigenvalue weighted by Crippen LogP contribution is 2.26. The van der Waals surface area contributed by atoms with Crippen LogP contribution in [0.25, 0.3) is 0 Å². The molecule has 0 unspecified atom stereocenters. The number of aryl methyl sites for hydroxylation is 2. The molecule has 0 saturated heterocycles. The van der Waals surface area contributed by atoms with Crippen LogP contribution in [-0.2, 0) is 4.74 Å². The number of methoxy groups -OCH3 is 1. The average Bonchev–Trinajstić information content (AvgIpc) is 3.05. The van der Waals surface area contributed by atoms with Gasteiger partial charge < -0.3 is 10.1 Å². The van der Waals surface area contributed by atoms with Crippen LogP contribution in [0.15, 0.2) is 18.2 Å². The van der Waals surface area contributed by atoms with Gasteiger partial charge in [0.1, 0.15) is 0 Å². The van der Waals surface area contributed by atoms with Crippen LogP contribution in [-0.4, -0.2) is 48.0 Å². The van der Waals surface area contributed by atoms with Crippen molar-refractivity contribution < 1.29 is 19.1 Å². The first-order chi connectivity index (χ1) is 12.9. The Morgan fingerprint density at radius 1 is 1.19 bits per heavy atom. The third-order valence-corrected chi connectivity index (χ3v) is 5.20. The molecule has 2 N–H and O–H groups in total. The fourth-order valence-corrected chi connectivity index (χ4v) is 3.53. The number of fused-ring (bicyclic) bond motifs is 1. The molecule has 1 aromatic heterocycles. The summed E-state index contributed by atoms with van der Waals surface area (Å²) in [7, 11) is 1.57. The van der Waals surface area contributed by atoms with Crippen LogP contribution in [0.1, 0.15) is 37.7 Å². The molecule has 8 nitrogen and oxygen atoms in total. The molecule has 27 heavy (non-hydrogen) atoms. The number of urea groups is 1. The first-order valence-corrected chi connectivity index (χ1v) is 9.23. The van der Waals surface area contributed by atoms with Gasteiger partial charge in [-0.25, -0.2) is 9.78 Å². The second-order valence-electron chi connectivity index (χ2n) is 6.11. The molecule has 4 amide bonds. The molecular weight excluding hydrogens is 368 g/mol. The van der Waals surface area contributed by atoms with E-state index in [2.05, 4.69) is 15.6 Å². The number of rotatable bonds is 6. The van der Waals surface area contributed by atoms with Crippen molar-refractivity contribution in [3.8, 4) is 0 Å². The molecule has 0 radical (unpaired) electrons. The minimum absolute atomic E-state index is 0.288. The van der Waals surface area contributed by atoms with Crippen LogP contribution in [0.5, 0.6) is 0 Å². The van der Waals surface area contributed by atoms with Crippen LogP contribution in [0.4, 0.5) is 15.6 Å². The zero-order valence-electron chi connectivity index (χ0n) is 15.3. The fourth-order valence-electron chi connectivity index (χ4n) is 2.72. The molecule has 3 rings (SSSR count). The summed E-state index contributed by atoms with van der Waals surface area (Å²) in [4.78, 5) is 43.5. The summed E-state index contributed by atoms with van der Waals surface area (Å²) in [6.07, 6.45) is 0.572. The van der Waals surface area contributed by atoms with Crippen molar-refractivity contribution in [2.45, 2.75) is 20.3 Å². The summed E-state index contributed by atoms with van der Waals surface area (Å²) in [5.74, 6) is -0.683. The predicted octanol–water partition coefficient (Wildman–Crippen LogP) is 3.04. The second kappa shape index (κ2) is 7.85. The van der Waals surface area contributed by atoms with Gasteiger partial charge in [0.15, 0.2) is 5.13 Å². The fraction of sp³-hybridized carbons (Fsp3) is 0.333. The van der Waals surface area contributed by atoms with Crippen molar-refractivity contribution in [3.63, 3.8) is 0 Å². The van der Waals surface area contributed by atoms with Crippen LogP contribution in [0, 0.1) is 13.8 Å². The van der Waals surface area contributed by atoms with Gasteiger partial charge in [-0.1, -0.05) is 0 Å². The van der Waals surface area contributed by atoms with E-state index in [0.29, 0.717) is 36.0 Å². The zero-order valence-corrected chi connectivity index (χ0v) is 16.1. The molecule has 0 fully saturated rings. The second-order valence-corrected chi connectivity index (χ2v) is 7.31. The smallest absolute Gasteiger partial charge is 0.325 e. The molecule has 0 spiro atoms. The molecule has 0 bridgehead atoms. The number of imide groups is 1. The van der Waals surface area contributed by atoms with Gasteiger partial charge in [-0.3, -0.25) is 19.8 Å². The SMILES string of the molecule is COCCCN1C(=O)c2ccc(NC(=O)Nc3nc(C)c(C)s3)cc2C1=O. The maximum atomic E-state index is 12.5. The van der Waals surface area contributed by atoms with E-state index in [1.807, 2.05) is 13.8 Å². The lowest BCUT2D eigenvalue weighted by Gasteiger charge is -2.12. The molecule has 142 valence electrons. The van der Waals surface area contributed by atoms with Gasteiger partial charge in [0, 0.05) is 30.8 Å². The molecule has 1 aliphatic rings. The molecule has 1 aliphatic heterocycles. The Morgan fingerprint density at radius 3 is 2.59 bits per heavy atom. The Kier molecular flexibility index (Phi) is 5.52. The standard InChI is InChI=1S/C18H20N4O4S/c1-10-11(2)27-18(19-10)21-17(25)20-12-5-6-13-14(9-12)16(24)22(15(13)23)7-4-8-26-3/h5-6,9H,4,7-8H2,1-3H3,(H2,19,20,21,25). The summed E-state index contributed by atoms with van der Waals surface area (Å²) in [6, 6.07) is 4.21. The number of thiazole rings is 1. The Balaban J connectivity index is 1.69. The number of aromatic nitrogens is 1. The molecule has 2 aromatic rings. The van der Waals surface area contributed by atoms with Crippen molar-refractivity contribution >= 4 is 40.0 Å². The van der Waals surface area contributed by atoms with Gasteiger partial charge in [-0.15, -0.1) is 11.3 Å². The van der Waals surface area contributed by atoms with Crippen molar-refractivity contribution in [2.75, 3.05) is 30.9 Å². The molecule has 0 aliphatic carbocycles. The van der Waals surface area contributed by atoms with E-state index < -0.39 is 6.03 Å². The van der Waals surface area contributed by atoms with Crippen molar-refractivity contribution in [2.24, 2.45) is 0 Å². The number of benzene rings is 1. The van der Waals surface area contributed by atoms with Gasteiger partial charge in [-0.05, 0) is 38.5 Å². The molecule has 0 atom stereocenters. The van der Waals surface area contributed by atoms with E-state index in [1.165, 1.54) is 22.3 Å². The molecule has 0 saturated carbocycles. The van der Waals surface area contributed by atoms with Gasteiger partial charge >= 0.3 is 6.03 Å². The highest BCUT2D eigenvalue weighted by molar-refractivity contribution is 7.15. The van der Waals surface area contributed by atoms with Gasteiger partial charge in [-0.2, -0.15) is 0 Å². The number of ether oxygens (including phenoxy) is 1. The van der Waals surface area contributed by atoms with Gasteiger partial charge in [0.05, 0.1) is 16.8 Å². The third-order valence-electron chi connectivity index (χ3n) is 4.21. The Hall–Kier alpha value is -2.78. The van der Waals surface area contributed by atoms with Crippen molar-refractivity contribution in [1.29, 1.82) is 0 Å². The van der Waals surface area contributed by atoms with Gasteiger partial charge in [0.2, 0.25) is 0 Å². The minimum atomic E-state index is -0.461. The lowest BCUT2D eigenvalue weighted by Crippen LogP contribution is -2.31. The largest absolute Gasteiger partial charge is 0.385 e. The Morgan fingerprint density at radius 2 is 1.93 bits per heavy atom. The number of carbonyl (C=O) groups excluding carboxylic acids is 3. The molecular formula is C18H20N4O4S. The minimum Gasteiger partial charge on any atom is -0.385 e. The van der Waals surface area contributed by atoms with Crippen LogP contribution < -0.4 is 10.6 Å². The van der Waals surface area contributed by atoms with Crippen LogP contribution in [0.3, 0.4) is 0 Å². The van der Waals surface area contributed by atoms with E-state index in [9.17, 15) is 14.4 Å². The van der Waals surface area contributed by atoms with E-state index in [1.54, 1.807) is 19.2 Å². The molecule has 9 heteroatoms. The number of hydrogen-bond acceptors (Lipinski definition) is 6. The van der Waals surface area contributed by atoms with Crippen molar-refractivity contribution in [3.05, 3.63) is 39.9 Å². The number of carbonyl (C=O) groups is 3. The molecule has 1 aromatic carbocycles. The summed E-state index contributed by atoms with van der Waals surface area (Å²) in [5, 5.41) is 5.83. The summed E-state index contributed by atoms with van der Waals surface area (Å²) in [5.41, 5.74) is 1.92. The number of amides is 4. The first-order valence-electron chi connectivity index (χ1n) is 8.42. The van der Waals surface area contributed by atoms with E-state index >= 15 is 0 Å². The quantitative estimate of drug-likeness (QED) is 0.585. The van der Waals surface area contributed by atoms with E-state index in [4.69, 9.17) is 4.74 Å². The monoisotopic (exact) mass is 388 g/mol. The highest BCUT2D eigenvalue weighted by Gasteiger charge is 2.35. The maximum Gasteiger partial charge on any atom is 0.325 e. The maximum absolute atomic E-state index is 12.5. The van der Waals surface area contributed by atoms with Crippen LogP contribution in [0.2, 0.25) is 0 Å². The summed E-state index contributed by atoms with van der Waals surface area (Å²) >= 11 is 1.39. The average molecular weight is 388 g/mol. The Labute approximate surface area is 160 Å². The van der Waals surface area contributed by atoms with E-state index in [-0.39, 0.29) is 17.4 Å². The number of nitrogens with one attached hydrogen (secondary N) is 2. The number of nitrogens with zero attached hydrogens (tertiary/aromatic N) is 2. The number of hydrogen-bond donors (Lipinski definition) is 2. The predicted molar refractivity (Wildman–Crippen MR) is 103 cm³/mol. The van der Waals surface area contributed by atoms with E-state index in [0.717, 1.165) is 10.6 Å².